The van der Waals surface area contributed by atoms with Gasteiger partial charge < -0.3 is 19.7 Å². The average molecular weight is 434 g/mol. The van der Waals surface area contributed by atoms with Gasteiger partial charge in [-0.15, -0.1) is 0 Å². The van der Waals surface area contributed by atoms with Crippen molar-refractivity contribution in [2.24, 2.45) is 0 Å². The first-order valence-corrected chi connectivity index (χ1v) is 10.2. The molecule has 0 amide bonds. The fourth-order valence-electron chi connectivity index (χ4n) is 4.54. The van der Waals surface area contributed by atoms with E-state index in [9.17, 15) is 18.0 Å². The standard InChI is InChI=1S/C23H25F3N2O3/c1-22(23(24,25)26)16-13-18(19(30-3)12-15(16)21(29)31-22)28(2)17-10-7-11-27-20(17)14-8-5-4-6-9-14/h4-6,8-9,12-13,17,20,27H,7,10-11H2,1-3H3/t17-,20-,22+/m0/s1. The Hall–Kier alpha value is -2.74. The number of anilines is 1. The van der Waals surface area contributed by atoms with Gasteiger partial charge in [-0.1, -0.05) is 30.3 Å². The summed E-state index contributed by atoms with van der Waals surface area (Å²) in [5.74, 6) is -0.661. The monoisotopic (exact) mass is 434 g/mol. The van der Waals surface area contributed by atoms with Crippen molar-refractivity contribution in [2.45, 2.75) is 43.6 Å². The van der Waals surface area contributed by atoms with Crippen LogP contribution in [0.15, 0.2) is 42.5 Å². The van der Waals surface area contributed by atoms with E-state index < -0.39 is 17.7 Å². The summed E-state index contributed by atoms with van der Waals surface area (Å²) in [6.45, 7) is 1.75. The SMILES string of the molecule is COc1cc2c(cc1N(C)[C@H]1CCCN[C@H]1c1ccccc1)[C@](C)(C(F)(F)F)OC2=O. The third-order valence-electron chi connectivity index (χ3n) is 6.35. The summed E-state index contributed by atoms with van der Waals surface area (Å²) >= 11 is 0. The molecule has 31 heavy (non-hydrogen) atoms. The Morgan fingerprint density at radius 3 is 2.58 bits per heavy atom. The highest BCUT2D eigenvalue weighted by molar-refractivity contribution is 5.96. The van der Waals surface area contributed by atoms with E-state index >= 15 is 0 Å². The third-order valence-corrected chi connectivity index (χ3v) is 6.35. The number of carbonyl (C=O) groups excluding carboxylic acids is 1. The van der Waals surface area contributed by atoms with Gasteiger partial charge in [0.15, 0.2) is 0 Å². The molecule has 8 heteroatoms. The van der Waals surface area contributed by atoms with E-state index in [0.717, 1.165) is 31.9 Å². The van der Waals surface area contributed by atoms with Gasteiger partial charge in [-0.3, -0.25) is 0 Å². The van der Waals surface area contributed by atoms with Crippen LogP contribution in [-0.2, 0) is 10.3 Å². The Morgan fingerprint density at radius 2 is 1.94 bits per heavy atom. The summed E-state index contributed by atoms with van der Waals surface area (Å²) in [4.78, 5) is 14.2. The Balaban J connectivity index is 1.79. The maximum atomic E-state index is 13.8. The Bertz CT molecular complexity index is 980. The van der Waals surface area contributed by atoms with Crippen molar-refractivity contribution < 1.29 is 27.4 Å². The van der Waals surface area contributed by atoms with E-state index in [1.807, 2.05) is 42.3 Å². The molecule has 0 bridgehead atoms. The second-order valence-electron chi connectivity index (χ2n) is 8.15. The number of rotatable bonds is 4. The highest BCUT2D eigenvalue weighted by atomic mass is 19.4. The Morgan fingerprint density at radius 1 is 1.23 bits per heavy atom. The molecule has 2 aromatic rings. The van der Waals surface area contributed by atoms with Crippen molar-refractivity contribution in [2.75, 3.05) is 25.6 Å². The topological polar surface area (TPSA) is 50.8 Å². The molecule has 1 fully saturated rings. The van der Waals surface area contributed by atoms with Gasteiger partial charge in [0.25, 0.3) is 0 Å². The number of fused-ring (bicyclic) bond motifs is 1. The molecule has 0 aliphatic carbocycles. The zero-order valence-electron chi connectivity index (χ0n) is 17.6. The summed E-state index contributed by atoms with van der Waals surface area (Å²) in [7, 11) is 3.29. The van der Waals surface area contributed by atoms with Gasteiger partial charge in [0.2, 0.25) is 5.60 Å². The largest absolute Gasteiger partial charge is 0.495 e. The van der Waals surface area contributed by atoms with Crippen molar-refractivity contribution in [1.82, 2.24) is 5.32 Å². The third kappa shape index (κ3) is 3.52. The van der Waals surface area contributed by atoms with Crippen LogP contribution < -0.4 is 15.0 Å². The van der Waals surface area contributed by atoms with Gasteiger partial charge in [-0.05, 0) is 44.0 Å². The summed E-state index contributed by atoms with van der Waals surface area (Å²) in [6.07, 6.45) is -2.94. The maximum absolute atomic E-state index is 13.8. The molecule has 0 unspecified atom stereocenters. The highest BCUT2D eigenvalue weighted by Gasteiger charge is 2.61. The number of hydrogen-bond donors (Lipinski definition) is 1. The minimum absolute atomic E-state index is 0.00444. The molecule has 2 aromatic carbocycles. The number of methoxy groups -OCH3 is 1. The van der Waals surface area contributed by atoms with Crippen LogP contribution in [0.4, 0.5) is 18.9 Å². The first-order chi connectivity index (χ1) is 14.7. The molecule has 2 heterocycles. The molecule has 2 aliphatic heterocycles. The predicted molar refractivity (Wildman–Crippen MR) is 110 cm³/mol. The molecule has 2 aliphatic rings. The number of likely N-dealkylation sites (N-methyl/N-ethyl adjacent to an activating group) is 1. The lowest BCUT2D eigenvalue weighted by molar-refractivity contribution is -0.253. The van der Waals surface area contributed by atoms with Crippen molar-refractivity contribution in [3.8, 4) is 5.75 Å². The van der Waals surface area contributed by atoms with Gasteiger partial charge >= 0.3 is 12.1 Å². The van der Waals surface area contributed by atoms with E-state index in [4.69, 9.17) is 9.47 Å². The summed E-state index contributed by atoms with van der Waals surface area (Å²) in [5, 5.41) is 3.53. The molecule has 1 N–H and O–H groups in total. The van der Waals surface area contributed by atoms with Crippen LogP contribution in [-0.4, -0.2) is 38.9 Å². The molecule has 4 rings (SSSR count). The van der Waals surface area contributed by atoms with E-state index in [2.05, 4.69) is 5.32 Å². The Labute approximate surface area is 179 Å². The number of carbonyl (C=O) groups is 1. The number of halogens is 3. The second kappa shape index (κ2) is 7.75. The molecule has 166 valence electrons. The number of esters is 1. The first-order valence-electron chi connectivity index (χ1n) is 10.2. The van der Waals surface area contributed by atoms with E-state index in [1.54, 1.807) is 0 Å². The molecule has 1 saturated heterocycles. The average Bonchev–Trinajstić information content (AvgIpc) is 3.03. The number of cyclic esters (lactones) is 1. The second-order valence-corrected chi connectivity index (χ2v) is 8.15. The van der Waals surface area contributed by atoms with Crippen LogP contribution in [0.2, 0.25) is 0 Å². The molecule has 3 atom stereocenters. The molecule has 0 radical (unpaired) electrons. The number of nitrogens with zero attached hydrogens (tertiary/aromatic N) is 1. The molecule has 0 aromatic heterocycles. The molecule has 0 saturated carbocycles. The fourth-order valence-corrected chi connectivity index (χ4v) is 4.54. The van der Waals surface area contributed by atoms with E-state index in [-0.39, 0.29) is 23.2 Å². The van der Waals surface area contributed by atoms with Crippen molar-refractivity contribution in [3.63, 3.8) is 0 Å². The number of nitrogens with one attached hydrogen (secondary N) is 1. The van der Waals surface area contributed by atoms with Gasteiger partial charge in [0.1, 0.15) is 5.75 Å². The molecular weight excluding hydrogens is 409 g/mol. The number of benzene rings is 2. The van der Waals surface area contributed by atoms with Crippen LogP contribution in [0, 0.1) is 0 Å². The van der Waals surface area contributed by atoms with E-state index in [1.165, 1.54) is 19.2 Å². The molecule has 5 nitrogen and oxygen atoms in total. The van der Waals surface area contributed by atoms with Crippen LogP contribution in [0.3, 0.4) is 0 Å². The highest BCUT2D eigenvalue weighted by Crippen LogP contribution is 2.50. The van der Waals surface area contributed by atoms with Crippen LogP contribution in [0.5, 0.6) is 5.75 Å². The van der Waals surface area contributed by atoms with Crippen molar-refractivity contribution in [1.29, 1.82) is 0 Å². The predicted octanol–water partition coefficient (Wildman–Crippen LogP) is 4.57. The minimum Gasteiger partial charge on any atom is -0.495 e. The zero-order chi connectivity index (χ0) is 22.4. The number of alkyl halides is 3. The number of piperidine rings is 1. The number of ether oxygens (including phenoxy) is 2. The lowest BCUT2D eigenvalue weighted by Gasteiger charge is -2.41. The van der Waals surface area contributed by atoms with Crippen LogP contribution in [0.1, 0.15) is 47.3 Å². The minimum atomic E-state index is -4.74. The van der Waals surface area contributed by atoms with Crippen LogP contribution >= 0.6 is 0 Å². The van der Waals surface area contributed by atoms with Gasteiger partial charge in [-0.25, -0.2) is 4.79 Å². The van der Waals surface area contributed by atoms with Crippen molar-refractivity contribution in [3.05, 3.63) is 59.2 Å². The quantitative estimate of drug-likeness (QED) is 0.715. The smallest absolute Gasteiger partial charge is 0.432 e. The lowest BCUT2D eigenvalue weighted by atomic mass is 9.89. The first kappa shape index (κ1) is 21.5. The normalized spacial score (nSPS) is 25.7. The van der Waals surface area contributed by atoms with Gasteiger partial charge in [0.05, 0.1) is 24.4 Å². The lowest BCUT2D eigenvalue weighted by Crippen LogP contribution is -2.47. The molecular formula is C23H25F3N2O3. The summed E-state index contributed by atoms with van der Waals surface area (Å²) < 4.78 is 51.7. The summed E-state index contributed by atoms with van der Waals surface area (Å²) in [5.41, 5.74) is -1.39. The van der Waals surface area contributed by atoms with Gasteiger partial charge in [-0.2, -0.15) is 13.2 Å². The Kier molecular flexibility index (Phi) is 5.37. The maximum Gasteiger partial charge on any atom is 0.432 e. The van der Waals surface area contributed by atoms with E-state index in [0.29, 0.717) is 11.4 Å². The van der Waals surface area contributed by atoms with Crippen molar-refractivity contribution >= 4 is 11.7 Å². The molecule has 0 spiro atoms. The number of hydrogen-bond acceptors (Lipinski definition) is 5. The van der Waals surface area contributed by atoms with Crippen LogP contribution in [0.25, 0.3) is 0 Å². The fraction of sp³-hybridized carbons (Fsp3) is 0.435. The zero-order valence-corrected chi connectivity index (χ0v) is 17.6. The summed E-state index contributed by atoms with van der Waals surface area (Å²) in [6, 6.07) is 12.7. The van der Waals surface area contributed by atoms with Gasteiger partial charge in [0, 0.05) is 18.7 Å².